The average molecular weight is 301 g/mol. The second-order valence-corrected chi connectivity index (χ2v) is 5.92. The van der Waals surface area contributed by atoms with Crippen LogP contribution < -0.4 is 10.5 Å². The van der Waals surface area contributed by atoms with E-state index in [0.717, 1.165) is 17.7 Å². The van der Waals surface area contributed by atoms with Crippen molar-refractivity contribution in [2.75, 3.05) is 6.54 Å². The van der Waals surface area contributed by atoms with Crippen LogP contribution in [0.25, 0.3) is 22.3 Å². The van der Waals surface area contributed by atoms with E-state index in [9.17, 15) is 0 Å². The van der Waals surface area contributed by atoms with Gasteiger partial charge in [0.15, 0.2) is 0 Å². The summed E-state index contributed by atoms with van der Waals surface area (Å²) < 4.78 is 6.11. The van der Waals surface area contributed by atoms with E-state index in [1.807, 2.05) is 12.1 Å². The maximum absolute atomic E-state index is 6.11. The van der Waals surface area contributed by atoms with Crippen LogP contribution >= 0.6 is 0 Å². The Balaban J connectivity index is 1.89. The third-order valence-corrected chi connectivity index (χ3v) is 4.35. The van der Waals surface area contributed by atoms with Crippen LogP contribution in [0.15, 0.2) is 72.8 Å². The first-order chi connectivity index (χ1) is 11.3. The lowest BCUT2D eigenvalue weighted by molar-refractivity contribution is 0.242. The zero-order valence-corrected chi connectivity index (χ0v) is 12.9. The maximum Gasteiger partial charge on any atom is 0.131 e. The first-order valence-corrected chi connectivity index (χ1v) is 7.99. The first-order valence-electron chi connectivity index (χ1n) is 7.99. The third-order valence-electron chi connectivity index (χ3n) is 4.35. The van der Waals surface area contributed by atoms with Gasteiger partial charge < -0.3 is 10.5 Å². The molecule has 1 aliphatic rings. The third kappa shape index (κ3) is 2.62. The lowest BCUT2D eigenvalue weighted by atomic mass is 9.94. The van der Waals surface area contributed by atoms with Gasteiger partial charge in [-0.3, -0.25) is 0 Å². The van der Waals surface area contributed by atoms with E-state index >= 15 is 0 Å². The highest BCUT2D eigenvalue weighted by Crippen LogP contribution is 2.41. The summed E-state index contributed by atoms with van der Waals surface area (Å²) >= 11 is 0. The van der Waals surface area contributed by atoms with E-state index < -0.39 is 0 Å². The van der Waals surface area contributed by atoms with Crippen LogP contribution in [0.3, 0.4) is 0 Å². The van der Waals surface area contributed by atoms with Gasteiger partial charge in [0.25, 0.3) is 0 Å². The van der Waals surface area contributed by atoms with Crippen molar-refractivity contribution in [2.45, 2.75) is 12.5 Å². The van der Waals surface area contributed by atoms with E-state index in [2.05, 4.69) is 60.7 Å². The summed E-state index contributed by atoms with van der Waals surface area (Å²) in [6.07, 6.45) is 0.963. The average Bonchev–Trinajstić information content (AvgIpc) is 3.05. The summed E-state index contributed by atoms with van der Waals surface area (Å²) in [5.41, 5.74) is 11.9. The zero-order chi connectivity index (χ0) is 15.6. The molecule has 114 valence electrons. The summed E-state index contributed by atoms with van der Waals surface area (Å²) in [5, 5.41) is 0. The molecule has 0 saturated carbocycles. The van der Waals surface area contributed by atoms with Crippen LogP contribution in [0.4, 0.5) is 0 Å². The summed E-state index contributed by atoms with van der Waals surface area (Å²) in [7, 11) is 0. The summed E-state index contributed by atoms with van der Waals surface area (Å²) in [4.78, 5) is 0. The summed E-state index contributed by atoms with van der Waals surface area (Å²) in [5.74, 6) is 0.992. The van der Waals surface area contributed by atoms with Gasteiger partial charge >= 0.3 is 0 Å². The molecule has 2 N–H and O–H groups in total. The Hall–Kier alpha value is -2.58. The monoisotopic (exact) mass is 301 g/mol. The van der Waals surface area contributed by atoms with Crippen molar-refractivity contribution in [3.63, 3.8) is 0 Å². The van der Waals surface area contributed by atoms with Gasteiger partial charge in [-0.1, -0.05) is 60.7 Å². The molecule has 0 aromatic heterocycles. The van der Waals surface area contributed by atoms with Crippen LogP contribution in [0.5, 0.6) is 5.75 Å². The summed E-state index contributed by atoms with van der Waals surface area (Å²) in [6.45, 7) is 0.545. The van der Waals surface area contributed by atoms with Crippen LogP contribution in [0.2, 0.25) is 0 Å². The van der Waals surface area contributed by atoms with Crippen molar-refractivity contribution in [3.8, 4) is 28.0 Å². The van der Waals surface area contributed by atoms with Crippen LogP contribution in [0, 0.1) is 0 Å². The Bertz CT molecular complexity index is 812. The minimum atomic E-state index is 0.0819. The lowest BCUT2D eigenvalue weighted by Gasteiger charge is -2.13. The Kier molecular flexibility index (Phi) is 3.60. The Morgan fingerprint density at radius 1 is 0.826 bits per heavy atom. The minimum Gasteiger partial charge on any atom is -0.488 e. The first kappa shape index (κ1) is 14.0. The van der Waals surface area contributed by atoms with Crippen LogP contribution in [-0.4, -0.2) is 12.6 Å². The van der Waals surface area contributed by atoms with Gasteiger partial charge in [-0.2, -0.15) is 0 Å². The highest BCUT2D eigenvalue weighted by Gasteiger charge is 2.25. The normalized spacial score (nSPS) is 16.0. The topological polar surface area (TPSA) is 35.2 Å². The van der Waals surface area contributed by atoms with E-state index in [4.69, 9.17) is 10.5 Å². The molecule has 1 atom stereocenters. The zero-order valence-electron chi connectivity index (χ0n) is 12.9. The second kappa shape index (κ2) is 5.90. The van der Waals surface area contributed by atoms with Crippen molar-refractivity contribution in [2.24, 2.45) is 5.73 Å². The van der Waals surface area contributed by atoms with Gasteiger partial charge in [0, 0.05) is 18.5 Å². The summed E-state index contributed by atoms with van der Waals surface area (Å²) in [6, 6.07) is 25.4. The van der Waals surface area contributed by atoms with Gasteiger partial charge in [0.1, 0.15) is 11.9 Å². The molecule has 23 heavy (non-hydrogen) atoms. The Labute approximate surface area is 136 Å². The van der Waals surface area contributed by atoms with Crippen molar-refractivity contribution in [1.82, 2.24) is 0 Å². The van der Waals surface area contributed by atoms with Crippen LogP contribution in [0.1, 0.15) is 5.56 Å². The quantitative estimate of drug-likeness (QED) is 0.783. The van der Waals surface area contributed by atoms with Crippen molar-refractivity contribution < 1.29 is 4.74 Å². The Morgan fingerprint density at radius 3 is 2.13 bits per heavy atom. The molecule has 3 aromatic rings. The van der Waals surface area contributed by atoms with Gasteiger partial charge in [-0.05, 0) is 34.4 Å². The molecule has 0 fully saturated rings. The number of benzene rings is 3. The molecule has 0 aliphatic carbocycles. The smallest absolute Gasteiger partial charge is 0.131 e. The molecule has 1 aliphatic heterocycles. The number of hydrogen-bond donors (Lipinski definition) is 1. The van der Waals surface area contributed by atoms with E-state index in [1.165, 1.54) is 22.3 Å². The van der Waals surface area contributed by atoms with Crippen molar-refractivity contribution in [3.05, 3.63) is 78.4 Å². The fraction of sp³-hybridized carbons (Fsp3) is 0.143. The van der Waals surface area contributed by atoms with Gasteiger partial charge in [0.2, 0.25) is 0 Å². The lowest BCUT2D eigenvalue weighted by Crippen LogP contribution is -2.24. The number of fused-ring (bicyclic) bond motifs is 1. The molecule has 0 bridgehead atoms. The molecular weight excluding hydrogens is 282 g/mol. The number of rotatable bonds is 3. The SMILES string of the molecule is NCC1Cc2cc(-c3ccccc3)cc(-c3ccccc3)c2O1. The van der Waals surface area contributed by atoms with E-state index in [1.54, 1.807) is 0 Å². The molecule has 2 nitrogen and oxygen atoms in total. The van der Waals surface area contributed by atoms with Gasteiger partial charge in [0.05, 0.1) is 0 Å². The molecule has 1 heterocycles. The standard InChI is InChI=1S/C21H19NO/c22-14-19-12-18-11-17(15-7-3-1-4-8-15)13-20(21(18)23-19)16-9-5-2-6-10-16/h1-11,13,19H,12,14,22H2. The molecule has 0 spiro atoms. The number of hydrogen-bond acceptors (Lipinski definition) is 2. The highest BCUT2D eigenvalue weighted by molar-refractivity contribution is 5.80. The molecular formula is C21H19NO. The predicted octanol–water partition coefficient (Wildman–Crippen LogP) is 4.28. The van der Waals surface area contributed by atoms with Crippen molar-refractivity contribution in [1.29, 1.82) is 0 Å². The number of nitrogens with two attached hydrogens (primary N) is 1. The van der Waals surface area contributed by atoms with E-state index in [0.29, 0.717) is 6.54 Å². The van der Waals surface area contributed by atoms with Gasteiger partial charge in [-0.25, -0.2) is 0 Å². The fourth-order valence-corrected chi connectivity index (χ4v) is 3.19. The molecule has 0 radical (unpaired) electrons. The van der Waals surface area contributed by atoms with Crippen LogP contribution in [-0.2, 0) is 6.42 Å². The molecule has 4 rings (SSSR count). The second-order valence-electron chi connectivity index (χ2n) is 5.92. The molecule has 2 heteroatoms. The molecule has 0 saturated heterocycles. The molecule has 1 unspecified atom stereocenters. The minimum absolute atomic E-state index is 0.0819. The van der Waals surface area contributed by atoms with Crippen molar-refractivity contribution >= 4 is 0 Å². The molecule has 3 aromatic carbocycles. The highest BCUT2D eigenvalue weighted by atomic mass is 16.5. The largest absolute Gasteiger partial charge is 0.488 e. The maximum atomic E-state index is 6.11. The van der Waals surface area contributed by atoms with Gasteiger partial charge in [-0.15, -0.1) is 0 Å². The predicted molar refractivity (Wildman–Crippen MR) is 94.5 cm³/mol. The van der Waals surface area contributed by atoms with E-state index in [-0.39, 0.29) is 6.10 Å². The Morgan fingerprint density at radius 2 is 1.48 bits per heavy atom. The fourth-order valence-electron chi connectivity index (χ4n) is 3.19. The molecule has 0 amide bonds. The number of ether oxygens (including phenoxy) is 1.